The van der Waals surface area contributed by atoms with Crippen molar-refractivity contribution in [2.24, 2.45) is 5.73 Å². The lowest BCUT2D eigenvalue weighted by Gasteiger charge is -2.38. The predicted octanol–water partition coefficient (Wildman–Crippen LogP) is 2.88. The largest absolute Gasteiger partial charge is 0.377 e. The van der Waals surface area contributed by atoms with E-state index >= 15 is 0 Å². The number of rotatable bonds is 5. The topological polar surface area (TPSA) is 38.5 Å². The summed E-state index contributed by atoms with van der Waals surface area (Å²) in [7, 11) is 2.19. The van der Waals surface area contributed by atoms with Gasteiger partial charge in [0, 0.05) is 24.7 Å². The molecule has 0 aromatic heterocycles. The van der Waals surface area contributed by atoms with Crippen molar-refractivity contribution in [3.8, 4) is 0 Å². The number of benzene rings is 1. The molecule has 3 nitrogen and oxygen atoms in total. The summed E-state index contributed by atoms with van der Waals surface area (Å²) in [6, 6.07) is 9.64. The minimum absolute atomic E-state index is 0.149. The second-order valence-electron chi connectivity index (χ2n) is 6.03. The van der Waals surface area contributed by atoms with E-state index in [1.807, 2.05) is 0 Å². The third-order valence-electron chi connectivity index (χ3n) is 4.59. The highest BCUT2D eigenvalue weighted by atomic mass is 16.5. The Morgan fingerprint density at radius 2 is 2.00 bits per heavy atom. The number of nitrogens with two attached hydrogens (primary N) is 1. The molecule has 0 amide bonds. The molecule has 1 aliphatic rings. The van der Waals surface area contributed by atoms with Crippen LogP contribution in [0.1, 0.15) is 43.9 Å². The van der Waals surface area contributed by atoms with Crippen molar-refractivity contribution < 1.29 is 4.74 Å². The van der Waals surface area contributed by atoms with Gasteiger partial charge in [-0.2, -0.15) is 0 Å². The minimum Gasteiger partial charge on any atom is -0.377 e. The summed E-state index contributed by atoms with van der Waals surface area (Å²) >= 11 is 0. The van der Waals surface area contributed by atoms with E-state index < -0.39 is 0 Å². The number of hydrogen-bond donors (Lipinski definition) is 1. The van der Waals surface area contributed by atoms with Crippen molar-refractivity contribution in [3.05, 3.63) is 35.4 Å². The van der Waals surface area contributed by atoms with Crippen LogP contribution in [0, 0.1) is 6.92 Å². The Hall–Kier alpha value is -0.900. The Morgan fingerprint density at radius 3 is 2.50 bits per heavy atom. The SMILES string of the molecule is CCC(N)C(c1ccc(C)cc1)N(C)C1CCOC1C. The first-order valence-electron chi connectivity index (χ1n) is 7.70. The maximum atomic E-state index is 6.42. The summed E-state index contributed by atoms with van der Waals surface area (Å²) in [5, 5.41) is 0. The van der Waals surface area contributed by atoms with Crippen LogP contribution in [0.25, 0.3) is 0 Å². The molecular formula is C17H28N2O. The molecule has 2 rings (SSSR count). The zero-order chi connectivity index (χ0) is 14.7. The van der Waals surface area contributed by atoms with Crippen LogP contribution in [-0.4, -0.2) is 36.7 Å². The third kappa shape index (κ3) is 3.22. The number of hydrogen-bond acceptors (Lipinski definition) is 3. The summed E-state index contributed by atoms with van der Waals surface area (Å²) in [4.78, 5) is 2.43. The van der Waals surface area contributed by atoms with Crippen LogP contribution in [-0.2, 0) is 4.74 Å². The maximum Gasteiger partial charge on any atom is 0.0703 e. The predicted molar refractivity (Wildman–Crippen MR) is 83.8 cm³/mol. The fourth-order valence-corrected chi connectivity index (χ4v) is 3.23. The average molecular weight is 276 g/mol. The molecule has 0 bridgehead atoms. The first-order chi connectivity index (χ1) is 9.54. The zero-order valence-corrected chi connectivity index (χ0v) is 13.2. The van der Waals surface area contributed by atoms with Gasteiger partial charge in [-0.3, -0.25) is 4.90 Å². The molecule has 0 saturated carbocycles. The Balaban J connectivity index is 2.25. The fraction of sp³-hybridized carbons (Fsp3) is 0.647. The molecule has 1 fully saturated rings. The van der Waals surface area contributed by atoms with Gasteiger partial charge in [0.15, 0.2) is 0 Å². The third-order valence-corrected chi connectivity index (χ3v) is 4.59. The molecule has 20 heavy (non-hydrogen) atoms. The van der Waals surface area contributed by atoms with E-state index in [2.05, 4.69) is 57.0 Å². The number of aryl methyl sites for hydroxylation is 1. The lowest BCUT2D eigenvalue weighted by Crippen LogP contribution is -2.46. The molecule has 1 aromatic rings. The van der Waals surface area contributed by atoms with E-state index in [1.54, 1.807) is 0 Å². The standard InChI is InChI=1S/C17H28N2O/c1-5-15(18)17(14-8-6-12(2)7-9-14)19(4)16-10-11-20-13(16)3/h6-9,13,15-17H,5,10-11,18H2,1-4H3. The quantitative estimate of drug-likeness (QED) is 0.898. The van der Waals surface area contributed by atoms with Gasteiger partial charge < -0.3 is 10.5 Å². The van der Waals surface area contributed by atoms with Gasteiger partial charge in [-0.25, -0.2) is 0 Å². The monoisotopic (exact) mass is 276 g/mol. The summed E-state index contributed by atoms with van der Waals surface area (Å²) in [5.41, 5.74) is 9.02. The highest BCUT2D eigenvalue weighted by molar-refractivity contribution is 5.25. The van der Waals surface area contributed by atoms with Crippen molar-refractivity contribution >= 4 is 0 Å². The van der Waals surface area contributed by atoms with Crippen molar-refractivity contribution in [1.29, 1.82) is 0 Å². The summed E-state index contributed by atoms with van der Waals surface area (Å²) in [6.07, 6.45) is 2.36. The van der Waals surface area contributed by atoms with Crippen LogP contribution in [0.3, 0.4) is 0 Å². The van der Waals surface area contributed by atoms with Gasteiger partial charge in [0.25, 0.3) is 0 Å². The van der Waals surface area contributed by atoms with Crippen LogP contribution >= 0.6 is 0 Å². The molecule has 4 atom stereocenters. The lowest BCUT2D eigenvalue weighted by atomic mass is 9.93. The van der Waals surface area contributed by atoms with E-state index in [1.165, 1.54) is 11.1 Å². The van der Waals surface area contributed by atoms with Crippen LogP contribution in [0.15, 0.2) is 24.3 Å². The van der Waals surface area contributed by atoms with Crippen molar-refractivity contribution in [2.45, 2.75) is 57.8 Å². The Labute approximate surface area is 123 Å². The average Bonchev–Trinajstić information content (AvgIpc) is 2.87. The van der Waals surface area contributed by atoms with Crippen molar-refractivity contribution in [1.82, 2.24) is 4.90 Å². The second kappa shape index (κ2) is 6.70. The highest BCUT2D eigenvalue weighted by Crippen LogP contribution is 2.30. The molecule has 0 radical (unpaired) electrons. The molecule has 0 aliphatic carbocycles. The molecule has 4 unspecified atom stereocenters. The molecule has 2 N–H and O–H groups in total. The van der Waals surface area contributed by atoms with Crippen LogP contribution in [0.5, 0.6) is 0 Å². The number of ether oxygens (including phenoxy) is 1. The number of nitrogens with zero attached hydrogens (tertiary/aromatic N) is 1. The molecule has 3 heteroatoms. The van der Waals surface area contributed by atoms with Gasteiger partial charge >= 0.3 is 0 Å². The first kappa shape index (κ1) is 15.5. The fourth-order valence-electron chi connectivity index (χ4n) is 3.23. The molecule has 1 aliphatic heterocycles. The smallest absolute Gasteiger partial charge is 0.0703 e. The van der Waals surface area contributed by atoms with E-state index in [4.69, 9.17) is 10.5 Å². The summed E-state index contributed by atoms with van der Waals surface area (Å²) in [5.74, 6) is 0. The van der Waals surface area contributed by atoms with Gasteiger partial charge in [-0.15, -0.1) is 0 Å². The summed E-state index contributed by atoms with van der Waals surface area (Å²) in [6.45, 7) is 7.30. The van der Waals surface area contributed by atoms with Gasteiger partial charge in [0.1, 0.15) is 0 Å². The van der Waals surface area contributed by atoms with E-state index in [-0.39, 0.29) is 18.2 Å². The van der Waals surface area contributed by atoms with E-state index in [0.29, 0.717) is 6.04 Å². The highest BCUT2D eigenvalue weighted by Gasteiger charge is 2.34. The van der Waals surface area contributed by atoms with Gasteiger partial charge in [-0.05, 0) is 39.3 Å². The molecular weight excluding hydrogens is 248 g/mol. The van der Waals surface area contributed by atoms with Gasteiger partial charge in [0.05, 0.1) is 6.10 Å². The van der Waals surface area contributed by atoms with Crippen LogP contribution in [0.2, 0.25) is 0 Å². The van der Waals surface area contributed by atoms with Crippen LogP contribution in [0.4, 0.5) is 0 Å². The van der Waals surface area contributed by atoms with E-state index in [0.717, 1.165) is 19.4 Å². The second-order valence-corrected chi connectivity index (χ2v) is 6.03. The van der Waals surface area contributed by atoms with Crippen LogP contribution < -0.4 is 5.73 Å². The normalized spacial score (nSPS) is 25.9. The van der Waals surface area contributed by atoms with Crippen molar-refractivity contribution in [3.63, 3.8) is 0 Å². The number of likely N-dealkylation sites (N-methyl/N-ethyl adjacent to an activating group) is 1. The minimum atomic E-state index is 0.149. The van der Waals surface area contributed by atoms with E-state index in [9.17, 15) is 0 Å². The van der Waals surface area contributed by atoms with Gasteiger partial charge in [-0.1, -0.05) is 36.8 Å². The Kier molecular flexibility index (Phi) is 5.19. The lowest BCUT2D eigenvalue weighted by molar-refractivity contribution is 0.0608. The Morgan fingerprint density at radius 1 is 1.35 bits per heavy atom. The zero-order valence-electron chi connectivity index (χ0n) is 13.2. The summed E-state index contributed by atoms with van der Waals surface area (Å²) < 4.78 is 5.72. The molecule has 1 aromatic carbocycles. The first-order valence-corrected chi connectivity index (χ1v) is 7.70. The Bertz CT molecular complexity index is 418. The maximum absolute atomic E-state index is 6.42. The van der Waals surface area contributed by atoms with Crippen molar-refractivity contribution in [2.75, 3.05) is 13.7 Å². The molecule has 1 saturated heterocycles. The molecule has 0 spiro atoms. The molecule has 112 valence electrons. The molecule has 1 heterocycles. The van der Waals surface area contributed by atoms with Gasteiger partial charge in [0.2, 0.25) is 0 Å².